The predicted octanol–water partition coefficient (Wildman–Crippen LogP) is 3.85. The molecule has 0 radical (unpaired) electrons. The standard InChI is InChI=1S/C19H15F3N4O4/c20-19(21,22)14-3-1-12(2-4-14)13-5-6-23-15(7-13)10-29-16-8-25-9-17(26(27)28)24-18(25)30-11-16/h1-7,9,16H,8,10-11H2/t16-/m0/s1. The van der Waals surface area contributed by atoms with Gasteiger partial charge in [0.1, 0.15) is 18.9 Å². The Labute approximate surface area is 168 Å². The van der Waals surface area contributed by atoms with Crippen molar-refractivity contribution >= 4 is 5.82 Å². The quantitative estimate of drug-likeness (QED) is 0.460. The molecule has 1 aromatic carbocycles. The molecule has 3 aromatic rings. The van der Waals surface area contributed by atoms with E-state index < -0.39 is 16.7 Å². The van der Waals surface area contributed by atoms with Crippen LogP contribution >= 0.6 is 0 Å². The number of imidazole rings is 1. The van der Waals surface area contributed by atoms with E-state index in [9.17, 15) is 23.3 Å². The first-order valence-electron chi connectivity index (χ1n) is 8.88. The molecule has 2 aromatic heterocycles. The average Bonchev–Trinajstić information content (AvgIpc) is 3.16. The Balaban J connectivity index is 1.41. The summed E-state index contributed by atoms with van der Waals surface area (Å²) >= 11 is 0. The highest BCUT2D eigenvalue weighted by atomic mass is 19.4. The lowest BCUT2D eigenvalue weighted by atomic mass is 10.0. The number of hydrogen-bond donors (Lipinski definition) is 0. The fraction of sp³-hybridized carbons (Fsp3) is 0.263. The number of nitro groups is 1. The Kier molecular flexibility index (Phi) is 5.12. The highest BCUT2D eigenvalue weighted by molar-refractivity contribution is 5.63. The van der Waals surface area contributed by atoms with Crippen molar-refractivity contribution in [1.29, 1.82) is 0 Å². The van der Waals surface area contributed by atoms with Crippen molar-refractivity contribution in [2.45, 2.75) is 25.4 Å². The van der Waals surface area contributed by atoms with E-state index in [-0.39, 0.29) is 31.1 Å². The summed E-state index contributed by atoms with van der Waals surface area (Å²) in [7, 11) is 0. The van der Waals surface area contributed by atoms with Crippen molar-refractivity contribution in [3.05, 3.63) is 70.2 Å². The van der Waals surface area contributed by atoms with E-state index in [1.54, 1.807) is 18.3 Å². The molecule has 3 heterocycles. The summed E-state index contributed by atoms with van der Waals surface area (Å²) in [6.45, 7) is 0.677. The number of alkyl halides is 3. The number of ether oxygens (including phenoxy) is 2. The molecule has 8 nitrogen and oxygen atoms in total. The van der Waals surface area contributed by atoms with Crippen molar-refractivity contribution in [3.63, 3.8) is 0 Å². The van der Waals surface area contributed by atoms with Crippen LogP contribution in [0, 0.1) is 10.1 Å². The van der Waals surface area contributed by atoms with E-state index >= 15 is 0 Å². The van der Waals surface area contributed by atoms with Crippen molar-refractivity contribution in [2.24, 2.45) is 0 Å². The molecule has 0 N–H and O–H groups in total. The van der Waals surface area contributed by atoms with E-state index in [4.69, 9.17) is 9.47 Å². The van der Waals surface area contributed by atoms with Crippen LogP contribution in [0.4, 0.5) is 19.0 Å². The molecule has 0 saturated carbocycles. The summed E-state index contributed by atoms with van der Waals surface area (Å²) in [4.78, 5) is 18.2. The first-order valence-corrected chi connectivity index (χ1v) is 8.88. The van der Waals surface area contributed by atoms with Gasteiger partial charge in [-0.05, 0) is 40.3 Å². The second-order valence-corrected chi connectivity index (χ2v) is 6.65. The zero-order valence-electron chi connectivity index (χ0n) is 15.4. The Morgan fingerprint density at radius 2 is 2.00 bits per heavy atom. The molecular formula is C19H15F3N4O4. The number of aromatic nitrogens is 3. The summed E-state index contributed by atoms with van der Waals surface area (Å²) < 4.78 is 50.9. The number of fused-ring (bicyclic) bond motifs is 1. The maximum absolute atomic E-state index is 12.7. The van der Waals surface area contributed by atoms with Gasteiger partial charge in [0.05, 0.1) is 24.4 Å². The number of hydrogen-bond acceptors (Lipinski definition) is 6. The van der Waals surface area contributed by atoms with Gasteiger partial charge in [-0.1, -0.05) is 12.1 Å². The Morgan fingerprint density at radius 3 is 2.70 bits per heavy atom. The molecule has 1 atom stereocenters. The smallest absolute Gasteiger partial charge is 0.416 e. The third-order valence-electron chi connectivity index (χ3n) is 4.54. The number of nitrogens with zero attached hydrogens (tertiary/aromatic N) is 4. The van der Waals surface area contributed by atoms with Gasteiger partial charge in [-0.3, -0.25) is 9.55 Å². The lowest BCUT2D eigenvalue weighted by Gasteiger charge is -2.22. The first kappa shape index (κ1) is 19.8. The largest absolute Gasteiger partial charge is 0.443 e. The lowest BCUT2D eigenvalue weighted by Crippen LogP contribution is -2.32. The summed E-state index contributed by atoms with van der Waals surface area (Å²) in [5, 5.41) is 10.8. The summed E-state index contributed by atoms with van der Waals surface area (Å²) in [6, 6.07) is 8.49. The summed E-state index contributed by atoms with van der Waals surface area (Å²) in [5.41, 5.74) is 1.22. The lowest BCUT2D eigenvalue weighted by molar-refractivity contribution is -0.389. The van der Waals surface area contributed by atoms with Crippen LogP contribution in [0.15, 0.2) is 48.8 Å². The predicted molar refractivity (Wildman–Crippen MR) is 97.6 cm³/mol. The molecule has 11 heteroatoms. The van der Waals surface area contributed by atoms with Crippen LogP contribution in [0.5, 0.6) is 6.01 Å². The first-order chi connectivity index (χ1) is 14.3. The molecule has 156 valence electrons. The van der Waals surface area contributed by atoms with Crippen molar-refractivity contribution in [2.75, 3.05) is 6.61 Å². The second kappa shape index (κ2) is 7.75. The minimum Gasteiger partial charge on any atom is -0.443 e. The van der Waals surface area contributed by atoms with Gasteiger partial charge in [0.25, 0.3) is 0 Å². The zero-order chi connectivity index (χ0) is 21.3. The molecule has 0 bridgehead atoms. The van der Waals surface area contributed by atoms with Gasteiger partial charge in [-0.15, -0.1) is 0 Å². The van der Waals surface area contributed by atoms with Crippen molar-refractivity contribution in [1.82, 2.24) is 14.5 Å². The van der Waals surface area contributed by atoms with Crippen LogP contribution < -0.4 is 4.74 Å². The molecule has 30 heavy (non-hydrogen) atoms. The molecule has 1 aliphatic rings. The SMILES string of the molecule is O=[N+]([O-])c1cn2c(n1)OC[C@@H](OCc1cc(-c3ccc(C(F)(F)F)cc3)ccn1)C2. The van der Waals surface area contributed by atoms with Crippen LogP contribution in [0.25, 0.3) is 11.1 Å². The van der Waals surface area contributed by atoms with Crippen LogP contribution in [0.3, 0.4) is 0 Å². The van der Waals surface area contributed by atoms with Crippen molar-refractivity contribution in [3.8, 4) is 17.1 Å². The Morgan fingerprint density at radius 1 is 1.23 bits per heavy atom. The van der Waals surface area contributed by atoms with Gasteiger partial charge in [0.2, 0.25) is 0 Å². The number of benzene rings is 1. The fourth-order valence-corrected chi connectivity index (χ4v) is 3.05. The molecular weight excluding hydrogens is 405 g/mol. The molecule has 4 rings (SSSR count). The number of halogens is 3. The van der Waals surface area contributed by atoms with Crippen LogP contribution in [-0.4, -0.2) is 32.2 Å². The van der Waals surface area contributed by atoms with Gasteiger partial charge in [0.15, 0.2) is 0 Å². The third-order valence-corrected chi connectivity index (χ3v) is 4.54. The van der Waals surface area contributed by atoms with E-state index in [1.165, 1.54) is 22.9 Å². The fourth-order valence-electron chi connectivity index (χ4n) is 3.05. The highest BCUT2D eigenvalue weighted by Gasteiger charge is 2.30. The number of pyridine rings is 1. The van der Waals surface area contributed by atoms with E-state index in [2.05, 4.69) is 9.97 Å². The van der Waals surface area contributed by atoms with Gasteiger partial charge < -0.3 is 19.6 Å². The van der Waals surface area contributed by atoms with E-state index in [1.807, 2.05) is 0 Å². The molecule has 0 saturated heterocycles. The zero-order valence-corrected chi connectivity index (χ0v) is 15.4. The maximum Gasteiger partial charge on any atom is 0.416 e. The maximum atomic E-state index is 12.7. The molecule has 0 amide bonds. The second-order valence-electron chi connectivity index (χ2n) is 6.65. The van der Waals surface area contributed by atoms with E-state index in [0.717, 1.165) is 12.1 Å². The van der Waals surface area contributed by atoms with Crippen LogP contribution in [0.2, 0.25) is 0 Å². The highest BCUT2D eigenvalue weighted by Crippen LogP contribution is 2.31. The van der Waals surface area contributed by atoms with Gasteiger partial charge >= 0.3 is 18.0 Å². The molecule has 1 aliphatic heterocycles. The average molecular weight is 420 g/mol. The van der Waals surface area contributed by atoms with Gasteiger partial charge in [-0.2, -0.15) is 13.2 Å². The minimum absolute atomic E-state index is 0.147. The molecule has 0 spiro atoms. The van der Waals surface area contributed by atoms with Gasteiger partial charge in [0, 0.05) is 11.2 Å². The molecule has 0 unspecified atom stereocenters. The minimum atomic E-state index is -4.38. The summed E-state index contributed by atoms with van der Waals surface area (Å²) in [6.07, 6.45) is -1.90. The molecule has 0 aliphatic carbocycles. The Hall–Kier alpha value is -3.47. The topological polar surface area (TPSA) is 92.3 Å². The number of rotatable bonds is 5. The van der Waals surface area contributed by atoms with Crippen LogP contribution in [-0.2, 0) is 24.1 Å². The Bertz CT molecular complexity index is 1070. The summed E-state index contributed by atoms with van der Waals surface area (Å²) in [5.74, 6) is -0.295. The van der Waals surface area contributed by atoms with Gasteiger partial charge in [-0.25, -0.2) is 0 Å². The van der Waals surface area contributed by atoms with Crippen molar-refractivity contribution < 1.29 is 27.6 Å². The molecule has 0 fully saturated rings. The normalized spacial score (nSPS) is 16.0. The monoisotopic (exact) mass is 420 g/mol. The van der Waals surface area contributed by atoms with Crippen LogP contribution in [0.1, 0.15) is 11.3 Å². The third kappa shape index (κ3) is 4.25. The van der Waals surface area contributed by atoms with E-state index in [0.29, 0.717) is 23.4 Å².